The molecule has 0 aliphatic carbocycles. The molecule has 0 bridgehead atoms. The molecule has 1 N–H and O–H groups in total. The first-order valence-electron chi connectivity index (χ1n) is 10.7. The summed E-state index contributed by atoms with van der Waals surface area (Å²) >= 11 is 1.11. The fourth-order valence-corrected chi connectivity index (χ4v) is 3.98. The summed E-state index contributed by atoms with van der Waals surface area (Å²) in [6.07, 6.45) is 1.01. The number of hydrogen-bond donors (Lipinski definition) is 1. The molecule has 10 heteroatoms. The van der Waals surface area contributed by atoms with Crippen molar-refractivity contribution in [2.45, 2.75) is 32.0 Å². The van der Waals surface area contributed by atoms with Crippen molar-refractivity contribution in [2.75, 3.05) is 18.5 Å². The fraction of sp³-hybridized carbons (Fsp3) is 0.292. The summed E-state index contributed by atoms with van der Waals surface area (Å²) in [6.45, 7) is 2.65. The Hall–Kier alpha value is -3.37. The van der Waals surface area contributed by atoms with Crippen LogP contribution in [-0.4, -0.2) is 42.3 Å². The van der Waals surface area contributed by atoms with Gasteiger partial charge in [-0.15, -0.1) is 11.3 Å². The van der Waals surface area contributed by atoms with E-state index in [-0.39, 0.29) is 16.8 Å². The highest BCUT2D eigenvalue weighted by Crippen LogP contribution is 2.26. The standard InChI is InChI=1S/C24H22F2N2O5S/c1-14(22(29)28-24-27-21(13-34-24)16-6-9-19(25)20(26)11-16)33-23(30)15-4-7-17(8-5-15)32-12-18-3-2-10-31-18/h4-9,11,13-14,18H,2-3,10,12H2,1H3,(H,27,28,29)/t14-,18+/m0/s1. The number of rotatable bonds is 8. The van der Waals surface area contributed by atoms with Crippen LogP contribution in [0.5, 0.6) is 5.75 Å². The molecule has 1 aliphatic heterocycles. The van der Waals surface area contributed by atoms with Crippen molar-refractivity contribution in [3.8, 4) is 17.0 Å². The number of carbonyl (C=O) groups is 2. The highest BCUT2D eigenvalue weighted by molar-refractivity contribution is 7.14. The minimum Gasteiger partial charge on any atom is -0.491 e. The quantitative estimate of drug-likeness (QED) is 0.457. The Balaban J connectivity index is 1.28. The maximum Gasteiger partial charge on any atom is 0.338 e. The van der Waals surface area contributed by atoms with Gasteiger partial charge in [0.15, 0.2) is 22.9 Å². The second-order valence-electron chi connectivity index (χ2n) is 7.67. The summed E-state index contributed by atoms with van der Waals surface area (Å²) in [5, 5.41) is 4.39. The monoisotopic (exact) mass is 488 g/mol. The highest BCUT2D eigenvalue weighted by atomic mass is 32.1. The third-order valence-corrected chi connectivity index (χ3v) is 5.91. The van der Waals surface area contributed by atoms with E-state index in [0.717, 1.165) is 42.9 Å². The van der Waals surface area contributed by atoms with Crippen molar-refractivity contribution in [1.29, 1.82) is 0 Å². The lowest BCUT2D eigenvalue weighted by molar-refractivity contribution is -0.123. The molecule has 1 fully saturated rings. The topological polar surface area (TPSA) is 86.8 Å². The zero-order chi connectivity index (χ0) is 24.1. The van der Waals surface area contributed by atoms with Crippen LogP contribution in [0.3, 0.4) is 0 Å². The number of anilines is 1. The second kappa shape index (κ2) is 10.7. The van der Waals surface area contributed by atoms with E-state index in [0.29, 0.717) is 23.6 Å². The number of amides is 1. The van der Waals surface area contributed by atoms with Crippen molar-refractivity contribution >= 4 is 28.3 Å². The first kappa shape index (κ1) is 23.8. The van der Waals surface area contributed by atoms with Crippen LogP contribution in [-0.2, 0) is 14.3 Å². The summed E-state index contributed by atoms with van der Waals surface area (Å²) in [6, 6.07) is 9.87. The summed E-state index contributed by atoms with van der Waals surface area (Å²) in [5.41, 5.74) is 1.03. The van der Waals surface area contributed by atoms with Crippen LogP contribution >= 0.6 is 11.3 Å². The van der Waals surface area contributed by atoms with Gasteiger partial charge >= 0.3 is 5.97 Å². The molecule has 0 saturated carbocycles. The van der Waals surface area contributed by atoms with Gasteiger partial charge in [-0.25, -0.2) is 18.6 Å². The molecule has 3 aromatic rings. The SMILES string of the molecule is C[C@H](OC(=O)c1ccc(OC[C@H]2CCCO2)cc1)C(=O)Nc1nc(-c2ccc(F)c(F)c2)cs1. The van der Waals surface area contributed by atoms with Crippen molar-refractivity contribution in [1.82, 2.24) is 4.98 Å². The predicted octanol–water partition coefficient (Wildman–Crippen LogP) is 4.83. The molecule has 0 unspecified atom stereocenters. The molecule has 0 spiro atoms. The lowest BCUT2D eigenvalue weighted by Crippen LogP contribution is -2.30. The summed E-state index contributed by atoms with van der Waals surface area (Å²) in [5.74, 6) is -2.56. The largest absolute Gasteiger partial charge is 0.491 e. The van der Waals surface area contributed by atoms with E-state index in [4.69, 9.17) is 14.2 Å². The van der Waals surface area contributed by atoms with Crippen molar-refractivity contribution in [3.63, 3.8) is 0 Å². The van der Waals surface area contributed by atoms with Crippen LogP contribution in [0.25, 0.3) is 11.3 Å². The van der Waals surface area contributed by atoms with Gasteiger partial charge in [0.2, 0.25) is 0 Å². The summed E-state index contributed by atoms with van der Waals surface area (Å²) in [4.78, 5) is 29.0. The minimum absolute atomic E-state index is 0.0924. The molecule has 178 valence electrons. The molecule has 2 aromatic carbocycles. The molecule has 1 saturated heterocycles. The number of nitrogens with zero attached hydrogens (tertiary/aromatic N) is 1. The third-order valence-electron chi connectivity index (χ3n) is 5.15. The normalized spacial score (nSPS) is 16.1. The number of ether oxygens (including phenoxy) is 3. The molecule has 7 nitrogen and oxygen atoms in total. The maximum absolute atomic E-state index is 13.4. The number of thiazole rings is 1. The van der Waals surface area contributed by atoms with Gasteiger partial charge in [0, 0.05) is 17.6 Å². The van der Waals surface area contributed by atoms with Crippen LogP contribution in [0.2, 0.25) is 0 Å². The lowest BCUT2D eigenvalue weighted by Gasteiger charge is -2.13. The van der Waals surface area contributed by atoms with Crippen LogP contribution in [0.1, 0.15) is 30.1 Å². The Bertz CT molecular complexity index is 1160. The molecular weight excluding hydrogens is 466 g/mol. The first-order valence-corrected chi connectivity index (χ1v) is 11.5. The fourth-order valence-electron chi connectivity index (χ4n) is 3.26. The Morgan fingerprint density at radius 3 is 2.71 bits per heavy atom. The van der Waals surface area contributed by atoms with E-state index in [1.54, 1.807) is 29.6 Å². The molecule has 0 radical (unpaired) electrons. The Morgan fingerprint density at radius 1 is 1.21 bits per heavy atom. The number of halogens is 2. The van der Waals surface area contributed by atoms with Gasteiger partial charge in [0.05, 0.1) is 17.4 Å². The molecule has 2 atom stereocenters. The van der Waals surface area contributed by atoms with Crippen molar-refractivity contribution in [2.24, 2.45) is 0 Å². The van der Waals surface area contributed by atoms with Crippen LogP contribution in [0.15, 0.2) is 47.8 Å². The number of hydrogen-bond acceptors (Lipinski definition) is 7. The van der Waals surface area contributed by atoms with Gasteiger partial charge in [-0.1, -0.05) is 0 Å². The van der Waals surface area contributed by atoms with E-state index < -0.39 is 29.6 Å². The van der Waals surface area contributed by atoms with E-state index in [9.17, 15) is 18.4 Å². The van der Waals surface area contributed by atoms with Gasteiger partial charge in [-0.05, 0) is 62.2 Å². The Kier molecular flexibility index (Phi) is 7.49. The maximum atomic E-state index is 13.4. The second-order valence-corrected chi connectivity index (χ2v) is 8.53. The zero-order valence-electron chi connectivity index (χ0n) is 18.3. The lowest BCUT2D eigenvalue weighted by atomic mass is 10.2. The van der Waals surface area contributed by atoms with E-state index in [1.165, 1.54) is 13.0 Å². The molecule has 2 heterocycles. The van der Waals surface area contributed by atoms with Crippen LogP contribution in [0, 0.1) is 11.6 Å². The van der Waals surface area contributed by atoms with E-state index in [2.05, 4.69) is 10.3 Å². The number of benzene rings is 2. The number of esters is 1. The van der Waals surface area contributed by atoms with Gasteiger partial charge in [-0.2, -0.15) is 0 Å². The zero-order valence-corrected chi connectivity index (χ0v) is 19.1. The van der Waals surface area contributed by atoms with Gasteiger partial charge < -0.3 is 14.2 Å². The Morgan fingerprint density at radius 2 is 2.00 bits per heavy atom. The minimum atomic E-state index is -1.08. The summed E-state index contributed by atoms with van der Waals surface area (Å²) < 4.78 is 43.0. The average molecular weight is 489 g/mol. The van der Waals surface area contributed by atoms with Gasteiger partial charge in [0.25, 0.3) is 5.91 Å². The molecule has 34 heavy (non-hydrogen) atoms. The Labute approximate surface area is 198 Å². The first-order chi connectivity index (χ1) is 16.4. The van der Waals surface area contributed by atoms with E-state index >= 15 is 0 Å². The van der Waals surface area contributed by atoms with Crippen LogP contribution in [0.4, 0.5) is 13.9 Å². The third kappa shape index (κ3) is 5.95. The van der Waals surface area contributed by atoms with Gasteiger partial charge in [0.1, 0.15) is 12.4 Å². The van der Waals surface area contributed by atoms with E-state index in [1.807, 2.05) is 0 Å². The molecular formula is C24H22F2N2O5S. The predicted molar refractivity (Wildman–Crippen MR) is 122 cm³/mol. The van der Waals surface area contributed by atoms with Gasteiger partial charge in [-0.3, -0.25) is 10.1 Å². The number of nitrogens with one attached hydrogen (secondary N) is 1. The number of carbonyl (C=O) groups excluding carboxylic acids is 2. The van der Waals surface area contributed by atoms with Crippen molar-refractivity contribution in [3.05, 3.63) is 65.0 Å². The number of aromatic nitrogens is 1. The average Bonchev–Trinajstić information content (AvgIpc) is 3.52. The molecule has 1 amide bonds. The summed E-state index contributed by atoms with van der Waals surface area (Å²) in [7, 11) is 0. The molecule has 4 rings (SSSR count). The molecule has 1 aromatic heterocycles. The van der Waals surface area contributed by atoms with Crippen LogP contribution < -0.4 is 10.1 Å². The van der Waals surface area contributed by atoms with Crippen molar-refractivity contribution < 1.29 is 32.6 Å². The molecule has 1 aliphatic rings. The smallest absolute Gasteiger partial charge is 0.338 e. The highest BCUT2D eigenvalue weighted by Gasteiger charge is 2.21.